The second-order valence-corrected chi connectivity index (χ2v) is 5.55. The molecule has 0 saturated carbocycles. The Labute approximate surface area is 138 Å². The maximum atomic E-state index is 11.7. The molecule has 0 aromatic heterocycles. The minimum absolute atomic E-state index is 0.301. The predicted octanol–water partition coefficient (Wildman–Crippen LogP) is 3.51. The highest BCUT2D eigenvalue weighted by Gasteiger charge is 2.06. The van der Waals surface area contributed by atoms with Gasteiger partial charge in [0.25, 0.3) is 0 Å². The average molecular weight is 364 g/mol. The monoisotopic (exact) mass is 363 g/mol. The number of amides is 1. The summed E-state index contributed by atoms with van der Waals surface area (Å²) in [4.78, 5) is 22.6. The van der Waals surface area contributed by atoms with E-state index in [4.69, 9.17) is 4.74 Å². The van der Waals surface area contributed by atoms with Crippen molar-refractivity contribution >= 4 is 28.3 Å². The summed E-state index contributed by atoms with van der Waals surface area (Å²) in [5.41, 5.74) is 1.54. The van der Waals surface area contributed by atoms with Gasteiger partial charge in [-0.3, -0.25) is 4.79 Å². The number of benzene rings is 2. The Morgan fingerprint density at radius 1 is 1.09 bits per heavy atom. The van der Waals surface area contributed by atoms with E-state index >= 15 is 0 Å². The van der Waals surface area contributed by atoms with Gasteiger partial charge < -0.3 is 9.64 Å². The summed E-state index contributed by atoms with van der Waals surface area (Å²) in [5.74, 6) is -0.304. The molecule has 1 amide bonds. The van der Waals surface area contributed by atoms with Gasteiger partial charge in [-0.15, -0.1) is 0 Å². The summed E-state index contributed by atoms with van der Waals surface area (Å²) in [6, 6.07) is 16.7. The van der Waals surface area contributed by atoms with Gasteiger partial charge in [0.2, 0.25) is 6.41 Å². The van der Waals surface area contributed by atoms with Gasteiger partial charge in [-0.05, 0) is 29.8 Å². The Morgan fingerprint density at radius 2 is 1.64 bits per heavy atom. The topological polar surface area (TPSA) is 46.6 Å². The maximum absolute atomic E-state index is 11.7. The van der Waals surface area contributed by atoms with Crippen molar-refractivity contribution in [3.63, 3.8) is 0 Å². The van der Waals surface area contributed by atoms with Crippen LogP contribution in [0.1, 0.15) is 15.9 Å². The van der Waals surface area contributed by atoms with Crippen LogP contribution in [0, 0.1) is 0 Å². The van der Waals surface area contributed by atoms with Gasteiger partial charge in [-0.1, -0.05) is 46.3 Å². The Morgan fingerprint density at radius 3 is 2.14 bits per heavy atom. The lowest BCUT2D eigenvalue weighted by Crippen LogP contribution is -2.06. The molecule has 5 heteroatoms. The van der Waals surface area contributed by atoms with E-state index in [1.54, 1.807) is 26.2 Å². The molecule has 2 aromatic rings. The third-order valence-electron chi connectivity index (χ3n) is 2.50. The van der Waals surface area contributed by atoms with E-state index in [1.807, 2.05) is 42.5 Å². The van der Waals surface area contributed by atoms with Crippen molar-refractivity contribution in [2.75, 3.05) is 14.1 Å². The zero-order chi connectivity index (χ0) is 16.4. The van der Waals surface area contributed by atoms with Crippen LogP contribution in [0.25, 0.3) is 0 Å². The standard InChI is InChI=1S/C14H11BrO2.C3H7NO/c15-13-8-6-12(7-9-13)14(16)17-10-11-4-2-1-3-5-11;1-4(2)3-5/h1-9H,10H2;3H,1-2H3. The lowest BCUT2D eigenvalue weighted by molar-refractivity contribution is -0.115. The minimum atomic E-state index is -0.304. The predicted molar refractivity (Wildman–Crippen MR) is 89.5 cm³/mol. The normalized spacial score (nSPS) is 9.23. The molecule has 116 valence electrons. The SMILES string of the molecule is CN(C)C=O.O=C(OCc1ccccc1)c1ccc(Br)cc1. The molecule has 0 aliphatic carbocycles. The van der Waals surface area contributed by atoms with Crippen molar-refractivity contribution in [3.8, 4) is 0 Å². The van der Waals surface area contributed by atoms with Gasteiger partial charge in [-0.25, -0.2) is 4.79 Å². The smallest absolute Gasteiger partial charge is 0.338 e. The third kappa shape index (κ3) is 7.04. The van der Waals surface area contributed by atoms with Crippen LogP contribution in [0.3, 0.4) is 0 Å². The van der Waals surface area contributed by atoms with E-state index in [-0.39, 0.29) is 5.97 Å². The lowest BCUT2D eigenvalue weighted by Gasteiger charge is -2.04. The summed E-state index contributed by atoms with van der Waals surface area (Å²) in [6.45, 7) is 0.301. The van der Waals surface area contributed by atoms with Crippen LogP contribution >= 0.6 is 15.9 Å². The fourth-order valence-electron chi connectivity index (χ4n) is 1.39. The number of nitrogens with zero attached hydrogens (tertiary/aromatic N) is 1. The van der Waals surface area contributed by atoms with Crippen LogP contribution in [0.4, 0.5) is 0 Å². The first-order chi connectivity index (χ1) is 10.5. The summed E-state index contributed by atoms with van der Waals surface area (Å²) in [5, 5.41) is 0. The molecule has 0 spiro atoms. The van der Waals surface area contributed by atoms with Crippen molar-refractivity contribution in [1.82, 2.24) is 4.90 Å². The average Bonchev–Trinajstić information content (AvgIpc) is 2.55. The summed E-state index contributed by atoms with van der Waals surface area (Å²) in [6.07, 6.45) is 0.750. The van der Waals surface area contributed by atoms with Gasteiger partial charge in [-0.2, -0.15) is 0 Å². The van der Waals surface area contributed by atoms with Crippen LogP contribution < -0.4 is 0 Å². The van der Waals surface area contributed by atoms with E-state index in [0.29, 0.717) is 12.2 Å². The van der Waals surface area contributed by atoms with Gasteiger partial charge in [0.1, 0.15) is 6.61 Å². The first kappa shape index (κ1) is 17.9. The fourth-order valence-corrected chi connectivity index (χ4v) is 1.66. The number of carbonyl (C=O) groups excluding carboxylic acids is 2. The summed E-state index contributed by atoms with van der Waals surface area (Å²) >= 11 is 3.32. The van der Waals surface area contributed by atoms with Crippen molar-refractivity contribution in [3.05, 3.63) is 70.2 Å². The largest absolute Gasteiger partial charge is 0.457 e. The molecular weight excluding hydrogens is 346 g/mol. The molecule has 0 bridgehead atoms. The lowest BCUT2D eigenvalue weighted by atomic mass is 10.2. The summed E-state index contributed by atoms with van der Waals surface area (Å²) in [7, 11) is 3.38. The second kappa shape index (κ2) is 9.73. The molecule has 0 saturated heterocycles. The van der Waals surface area contributed by atoms with Crippen LogP contribution in [0.5, 0.6) is 0 Å². The Kier molecular flexibility index (Phi) is 7.92. The van der Waals surface area contributed by atoms with Crippen LogP contribution in [0.15, 0.2) is 59.1 Å². The van der Waals surface area contributed by atoms with Crippen molar-refractivity contribution in [2.45, 2.75) is 6.61 Å². The van der Waals surface area contributed by atoms with E-state index in [9.17, 15) is 9.59 Å². The third-order valence-corrected chi connectivity index (χ3v) is 3.03. The van der Waals surface area contributed by atoms with E-state index in [0.717, 1.165) is 16.4 Å². The molecule has 0 unspecified atom stereocenters. The quantitative estimate of drug-likeness (QED) is 0.616. The van der Waals surface area contributed by atoms with E-state index < -0.39 is 0 Å². The van der Waals surface area contributed by atoms with E-state index in [2.05, 4.69) is 15.9 Å². The van der Waals surface area contributed by atoms with Crippen molar-refractivity contribution in [2.24, 2.45) is 0 Å². The number of rotatable bonds is 4. The molecule has 2 aromatic carbocycles. The highest BCUT2D eigenvalue weighted by Crippen LogP contribution is 2.12. The minimum Gasteiger partial charge on any atom is -0.457 e. The Hall–Kier alpha value is -2.14. The molecule has 0 radical (unpaired) electrons. The highest BCUT2D eigenvalue weighted by atomic mass is 79.9. The van der Waals surface area contributed by atoms with Crippen molar-refractivity contribution in [1.29, 1.82) is 0 Å². The molecular formula is C17H18BrNO3. The van der Waals surface area contributed by atoms with Gasteiger partial charge in [0.05, 0.1) is 5.56 Å². The van der Waals surface area contributed by atoms with Gasteiger partial charge >= 0.3 is 5.97 Å². The first-order valence-corrected chi connectivity index (χ1v) is 7.40. The van der Waals surface area contributed by atoms with Crippen LogP contribution in [-0.2, 0) is 16.1 Å². The van der Waals surface area contributed by atoms with Crippen molar-refractivity contribution < 1.29 is 14.3 Å². The van der Waals surface area contributed by atoms with Gasteiger partial charge in [0, 0.05) is 18.6 Å². The van der Waals surface area contributed by atoms with Crippen LogP contribution in [0.2, 0.25) is 0 Å². The van der Waals surface area contributed by atoms with E-state index in [1.165, 1.54) is 4.90 Å². The molecule has 22 heavy (non-hydrogen) atoms. The number of ether oxygens (including phenoxy) is 1. The number of hydrogen-bond donors (Lipinski definition) is 0. The maximum Gasteiger partial charge on any atom is 0.338 e. The number of carbonyl (C=O) groups is 2. The van der Waals surface area contributed by atoms with Gasteiger partial charge in [0.15, 0.2) is 0 Å². The first-order valence-electron chi connectivity index (χ1n) is 6.61. The Bertz CT molecular complexity index is 583. The molecule has 0 aliphatic heterocycles. The molecule has 0 fully saturated rings. The fraction of sp³-hybridized carbons (Fsp3) is 0.176. The molecule has 0 aliphatic rings. The Balaban J connectivity index is 0.000000422. The molecule has 0 heterocycles. The zero-order valence-electron chi connectivity index (χ0n) is 12.5. The number of hydrogen-bond acceptors (Lipinski definition) is 3. The summed E-state index contributed by atoms with van der Waals surface area (Å²) < 4.78 is 6.14. The zero-order valence-corrected chi connectivity index (χ0v) is 14.1. The second-order valence-electron chi connectivity index (χ2n) is 4.64. The van der Waals surface area contributed by atoms with Crippen LogP contribution in [-0.4, -0.2) is 31.4 Å². The number of halogens is 1. The molecule has 4 nitrogen and oxygen atoms in total. The highest BCUT2D eigenvalue weighted by molar-refractivity contribution is 9.10. The number of esters is 1. The molecule has 2 rings (SSSR count). The molecule has 0 N–H and O–H groups in total. The molecule has 0 atom stereocenters.